The second-order valence-corrected chi connectivity index (χ2v) is 9.15. The predicted octanol–water partition coefficient (Wildman–Crippen LogP) is 3.71. The highest BCUT2D eigenvalue weighted by Gasteiger charge is 2.13. The molecule has 1 amide bonds. The van der Waals surface area contributed by atoms with Crippen LogP contribution in [0.4, 0.5) is 11.4 Å². The summed E-state index contributed by atoms with van der Waals surface area (Å²) in [6.45, 7) is 5.28. The van der Waals surface area contributed by atoms with Crippen LogP contribution in [-0.4, -0.2) is 31.2 Å². The summed E-state index contributed by atoms with van der Waals surface area (Å²) >= 11 is 6.10. The monoisotopic (exact) mass is 454 g/mol. The van der Waals surface area contributed by atoms with Crippen molar-refractivity contribution in [3.8, 4) is 5.75 Å². The molecule has 0 fully saturated rings. The number of hydrogen-bond donors (Lipinski definition) is 3. The van der Waals surface area contributed by atoms with Crippen molar-refractivity contribution in [3.63, 3.8) is 0 Å². The van der Waals surface area contributed by atoms with Gasteiger partial charge in [0.2, 0.25) is 15.9 Å². The van der Waals surface area contributed by atoms with Gasteiger partial charge in [0, 0.05) is 10.7 Å². The van der Waals surface area contributed by atoms with E-state index in [1.807, 2.05) is 0 Å². The molecule has 0 heterocycles. The van der Waals surface area contributed by atoms with Crippen LogP contribution >= 0.6 is 11.6 Å². The molecule has 10 heteroatoms. The number of rotatable bonds is 9. The second-order valence-electron chi connectivity index (χ2n) is 6.70. The molecule has 0 bridgehead atoms. The lowest BCUT2D eigenvalue weighted by Crippen LogP contribution is -2.16. The molecule has 30 heavy (non-hydrogen) atoms. The fourth-order valence-corrected chi connectivity index (χ4v) is 3.67. The highest BCUT2D eigenvalue weighted by Crippen LogP contribution is 2.29. The molecule has 0 aliphatic rings. The number of anilines is 2. The number of nitrogens with one attached hydrogen (secondary N) is 2. The van der Waals surface area contributed by atoms with Gasteiger partial charge in [-0.25, -0.2) is 8.42 Å². The van der Waals surface area contributed by atoms with E-state index >= 15 is 0 Å². The van der Waals surface area contributed by atoms with Gasteiger partial charge >= 0.3 is 5.97 Å². The molecule has 8 nitrogen and oxygen atoms in total. The highest BCUT2D eigenvalue weighted by molar-refractivity contribution is 7.92. The first kappa shape index (κ1) is 23.5. The number of carboxylic acid groups (broad SMARTS) is 1. The number of ether oxygens (including phenoxy) is 1. The predicted molar refractivity (Wildman–Crippen MR) is 116 cm³/mol. The average Bonchev–Trinajstić information content (AvgIpc) is 2.59. The first-order chi connectivity index (χ1) is 14.0. The summed E-state index contributed by atoms with van der Waals surface area (Å²) < 4.78 is 31.9. The third-order valence-corrected chi connectivity index (χ3v) is 5.58. The topological polar surface area (TPSA) is 122 Å². The van der Waals surface area contributed by atoms with E-state index in [2.05, 4.69) is 10.0 Å². The number of aryl methyl sites for hydroxylation is 2. The summed E-state index contributed by atoms with van der Waals surface area (Å²) in [5.74, 6) is -1.28. The number of carbonyl (C=O) groups is 2. The number of carbonyl (C=O) groups excluding carboxylic acids is 1. The first-order valence-corrected chi connectivity index (χ1v) is 11.1. The Bertz CT molecular complexity index is 1050. The Morgan fingerprint density at radius 3 is 2.27 bits per heavy atom. The number of carboxylic acids is 1. The van der Waals surface area contributed by atoms with E-state index in [-0.39, 0.29) is 12.4 Å². The van der Waals surface area contributed by atoms with Crippen molar-refractivity contribution in [1.29, 1.82) is 0 Å². The van der Waals surface area contributed by atoms with Crippen LogP contribution in [0.1, 0.15) is 30.0 Å². The number of aliphatic carboxylic acids is 1. The van der Waals surface area contributed by atoms with Crippen LogP contribution in [0.5, 0.6) is 5.75 Å². The van der Waals surface area contributed by atoms with Gasteiger partial charge in [-0.15, -0.1) is 0 Å². The summed E-state index contributed by atoms with van der Waals surface area (Å²) in [6, 6.07) is 8.20. The van der Waals surface area contributed by atoms with Crippen LogP contribution in [0.2, 0.25) is 5.02 Å². The summed E-state index contributed by atoms with van der Waals surface area (Å²) in [4.78, 5) is 22.3. The van der Waals surface area contributed by atoms with Gasteiger partial charge in [0.1, 0.15) is 18.8 Å². The maximum atomic E-state index is 11.8. The molecule has 2 aromatic rings. The van der Waals surface area contributed by atoms with Crippen molar-refractivity contribution < 1.29 is 27.9 Å². The summed E-state index contributed by atoms with van der Waals surface area (Å²) in [5.41, 5.74) is 2.99. The van der Waals surface area contributed by atoms with Gasteiger partial charge < -0.3 is 15.2 Å². The van der Waals surface area contributed by atoms with E-state index in [9.17, 15) is 18.0 Å². The van der Waals surface area contributed by atoms with E-state index in [1.54, 1.807) is 38.1 Å². The van der Waals surface area contributed by atoms with Crippen molar-refractivity contribution in [2.45, 2.75) is 33.8 Å². The Labute approximate surface area is 180 Å². The number of halogens is 1. The fraction of sp³-hybridized carbons (Fsp3) is 0.300. The van der Waals surface area contributed by atoms with Gasteiger partial charge in [-0.2, -0.15) is 0 Å². The lowest BCUT2D eigenvalue weighted by atomic mass is 10.1. The molecule has 0 unspecified atom stereocenters. The third kappa shape index (κ3) is 6.93. The quantitative estimate of drug-likeness (QED) is 0.496. The standard InChI is InChI=1S/C20H23ClN2O6S/c1-4-30(27,28)23-17-8-14(7-15(21)9-17)11-29-20-12(2)5-16(6-13(20)3)22-18(24)10-19(25)26/h5-9,23H,4,10-11H2,1-3H3,(H,22,24)(H,25,26). The first-order valence-electron chi connectivity index (χ1n) is 9.04. The van der Waals surface area contributed by atoms with Crippen molar-refractivity contribution in [1.82, 2.24) is 0 Å². The van der Waals surface area contributed by atoms with Crippen molar-refractivity contribution in [2.24, 2.45) is 0 Å². The highest BCUT2D eigenvalue weighted by atomic mass is 35.5. The number of hydrogen-bond acceptors (Lipinski definition) is 5. The Morgan fingerprint density at radius 1 is 1.07 bits per heavy atom. The number of benzene rings is 2. The van der Waals surface area contributed by atoms with E-state index in [0.29, 0.717) is 27.7 Å². The minimum Gasteiger partial charge on any atom is -0.488 e. The van der Waals surface area contributed by atoms with Gasteiger partial charge in [0.25, 0.3) is 0 Å². The van der Waals surface area contributed by atoms with Crippen LogP contribution in [0, 0.1) is 13.8 Å². The molecule has 0 aliphatic heterocycles. The van der Waals surface area contributed by atoms with Crippen LogP contribution in [0.15, 0.2) is 30.3 Å². The molecule has 0 radical (unpaired) electrons. The van der Waals surface area contributed by atoms with Crippen LogP contribution in [0.3, 0.4) is 0 Å². The third-order valence-electron chi connectivity index (χ3n) is 4.05. The summed E-state index contributed by atoms with van der Waals surface area (Å²) in [5, 5.41) is 11.6. The number of sulfonamides is 1. The van der Waals surface area contributed by atoms with Gasteiger partial charge in [-0.1, -0.05) is 11.6 Å². The molecule has 0 saturated carbocycles. The second kappa shape index (κ2) is 9.82. The Hall–Kier alpha value is -2.78. The maximum Gasteiger partial charge on any atom is 0.312 e. The molecule has 0 atom stereocenters. The normalized spacial score (nSPS) is 11.1. The van der Waals surface area contributed by atoms with E-state index in [1.165, 1.54) is 13.0 Å². The Balaban J connectivity index is 2.15. The minimum absolute atomic E-state index is 0.0565. The van der Waals surface area contributed by atoms with Crippen molar-refractivity contribution in [3.05, 3.63) is 52.0 Å². The van der Waals surface area contributed by atoms with E-state index < -0.39 is 28.3 Å². The molecular weight excluding hydrogens is 432 g/mol. The molecular formula is C20H23ClN2O6S. The average molecular weight is 455 g/mol. The molecule has 0 aromatic heterocycles. The van der Waals surface area contributed by atoms with E-state index in [0.717, 1.165) is 11.1 Å². The van der Waals surface area contributed by atoms with Crippen molar-refractivity contribution in [2.75, 3.05) is 15.8 Å². The smallest absolute Gasteiger partial charge is 0.312 e. The zero-order valence-corrected chi connectivity index (χ0v) is 18.4. The molecule has 0 aliphatic carbocycles. The van der Waals surface area contributed by atoms with Gasteiger partial charge in [0.05, 0.1) is 11.4 Å². The zero-order valence-electron chi connectivity index (χ0n) is 16.8. The van der Waals surface area contributed by atoms with Crippen LogP contribution in [-0.2, 0) is 26.2 Å². The maximum absolute atomic E-state index is 11.8. The zero-order chi connectivity index (χ0) is 22.5. The Morgan fingerprint density at radius 2 is 1.70 bits per heavy atom. The van der Waals surface area contributed by atoms with Crippen molar-refractivity contribution >= 4 is 44.9 Å². The molecule has 3 N–H and O–H groups in total. The van der Waals surface area contributed by atoms with Gasteiger partial charge in [-0.05, 0) is 67.8 Å². The largest absolute Gasteiger partial charge is 0.488 e. The summed E-state index contributed by atoms with van der Waals surface area (Å²) in [7, 11) is -3.43. The van der Waals surface area contributed by atoms with Gasteiger partial charge in [0.15, 0.2) is 0 Å². The SMILES string of the molecule is CCS(=O)(=O)Nc1cc(Cl)cc(COc2c(C)cc(NC(=O)CC(=O)O)cc2C)c1. The minimum atomic E-state index is -3.43. The molecule has 0 saturated heterocycles. The number of amides is 1. The molecule has 2 rings (SSSR count). The Kier molecular flexibility index (Phi) is 7.69. The molecule has 0 spiro atoms. The lowest BCUT2D eigenvalue weighted by molar-refractivity contribution is -0.139. The van der Waals surface area contributed by atoms with Crippen LogP contribution < -0.4 is 14.8 Å². The van der Waals surface area contributed by atoms with Gasteiger partial charge in [-0.3, -0.25) is 14.3 Å². The van der Waals surface area contributed by atoms with E-state index in [4.69, 9.17) is 21.4 Å². The molecule has 2 aromatic carbocycles. The lowest BCUT2D eigenvalue weighted by Gasteiger charge is -2.15. The fourth-order valence-electron chi connectivity index (χ4n) is 2.79. The summed E-state index contributed by atoms with van der Waals surface area (Å²) in [6.07, 6.45) is -0.616. The molecule has 162 valence electrons. The van der Waals surface area contributed by atoms with Crippen LogP contribution in [0.25, 0.3) is 0 Å².